The number of phenolic OH excluding ortho intramolecular Hbond substituents is 2. The lowest BCUT2D eigenvalue weighted by Gasteiger charge is -2.39. The molecular weight excluding hydrogens is 716 g/mol. The minimum absolute atomic E-state index is 0.0208. The molecule has 1 aromatic heterocycles. The van der Waals surface area contributed by atoms with Gasteiger partial charge in [0.2, 0.25) is 17.5 Å². The summed E-state index contributed by atoms with van der Waals surface area (Å²) in [6.45, 7) is -2.86. The zero-order valence-electron chi connectivity index (χ0n) is 28.1. The van der Waals surface area contributed by atoms with Crippen molar-refractivity contribution in [3.63, 3.8) is 0 Å². The molecule has 292 valence electrons. The van der Waals surface area contributed by atoms with Gasteiger partial charge in [-0.15, -0.1) is 0 Å². The molecule has 6 rings (SSSR count). The van der Waals surface area contributed by atoms with Crippen LogP contribution in [0.25, 0.3) is 22.3 Å². The molecule has 3 aliphatic rings. The maximum atomic E-state index is 14.1. The van der Waals surface area contributed by atoms with Crippen molar-refractivity contribution in [2.24, 2.45) is 0 Å². The number of hydrogen-bond acceptors (Lipinski definition) is 20. The number of benzene rings is 2. The Morgan fingerprint density at radius 3 is 2.25 bits per heavy atom. The average molecular weight is 757 g/mol. The molecule has 3 fully saturated rings. The molecule has 0 aliphatic carbocycles. The number of aromatic hydroxyl groups is 2. The smallest absolute Gasteiger partial charge is 0.239 e. The first kappa shape index (κ1) is 38.8. The van der Waals surface area contributed by atoms with Gasteiger partial charge in [-0.2, -0.15) is 0 Å². The predicted octanol–water partition coefficient (Wildman–Crippen LogP) is -3.00. The van der Waals surface area contributed by atoms with Gasteiger partial charge in [-0.3, -0.25) is 4.79 Å². The van der Waals surface area contributed by atoms with Crippen LogP contribution in [0.15, 0.2) is 39.5 Å². The minimum atomic E-state index is -2.14. The van der Waals surface area contributed by atoms with Gasteiger partial charge in [0.1, 0.15) is 70.8 Å². The summed E-state index contributed by atoms with van der Waals surface area (Å²) in [5.41, 5.74) is -3.10. The van der Waals surface area contributed by atoms with Crippen molar-refractivity contribution >= 4 is 11.0 Å². The second kappa shape index (κ2) is 15.5. The van der Waals surface area contributed by atoms with Crippen molar-refractivity contribution < 1.29 is 93.4 Å². The van der Waals surface area contributed by atoms with Gasteiger partial charge in [0.15, 0.2) is 35.9 Å². The number of rotatable bonds is 12. The van der Waals surface area contributed by atoms with E-state index in [-0.39, 0.29) is 39.5 Å². The summed E-state index contributed by atoms with van der Waals surface area (Å²) in [6.07, 6.45) is -18.4. The number of fused-ring (bicyclic) bond motifs is 1. The highest BCUT2D eigenvalue weighted by atomic mass is 16.8. The van der Waals surface area contributed by atoms with Crippen LogP contribution < -0.4 is 19.6 Å². The number of methoxy groups -OCH3 is 2. The molecule has 53 heavy (non-hydrogen) atoms. The summed E-state index contributed by atoms with van der Waals surface area (Å²) >= 11 is 0. The maximum absolute atomic E-state index is 14.1. The number of phenols is 2. The fourth-order valence-electron chi connectivity index (χ4n) is 6.15. The van der Waals surface area contributed by atoms with E-state index in [2.05, 4.69) is 0 Å². The number of aliphatic hydroxyl groups excluding tert-OH is 7. The molecule has 20 nitrogen and oxygen atoms in total. The highest BCUT2D eigenvalue weighted by molar-refractivity contribution is 5.88. The Hall–Kier alpha value is -3.87. The Morgan fingerprint density at radius 2 is 1.58 bits per heavy atom. The Bertz CT molecular complexity index is 1820. The van der Waals surface area contributed by atoms with E-state index in [1.165, 1.54) is 38.5 Å². The van der Waals surface area contributed by atoms with E-state index in [1.807, 2.05) is 0 Å². The molecule has 0 bridgehead atoms. The van der Waals surface area contributed by atoms with E-state index >= 15 is 0 Å². The monoisotopic (exact) mass is 756 g/mol. The van der Waals surface area contributed by atoms with E-state index in [0.29, 0.717) is 0 Å². The lowest BCUT2D eigenvalue weighted by atomic mass is 9.99. The van der Waals surface area contributed by atoms with Crippen molar-refractivity contribution in [2.45, 2.75) is 73.3 Å². The van der Waals surface area contributed by atoms with Gasteiger partial charge in [-0.05, 0) is 18.2 Å². The van der Waals surface area contributed by atoms with Crippen molar-refractivity contribution in [1.29, 1.82) is 0 Å². The summed E-state index contributed by atoms with van der Waals surface area (Å²) < 4.78 is 50.6. The second-order valence-electron chi connectivity index (χ2n) is 12.7. The molecule has 0 unspecified atom stereocenters. The molecule has 0 spiro atoms. The fourth-order valence-corrected chi connectivity index (χ4v) is 6.15. The number of ether oxygens (including phenoxy) is 8. The normalized spacial score (nSPS) is 34.4. The highest BCUT2D eigenvalue weighted by Crippen LogP contribution is 2.41. The third-order valence-corrected chi connectivity index (χ3v) is 9.26. The third-order valence-electron chi connectivity index (χ3n) is 9.26. The lowest BCUT2D eigenvalue weighted by molar-refractivity contribution is -0.306. The molecule has 10 N–H and O–H groups in total. The SMILES string of the molecule is COc1cc(O)c2c(=O)c(O[C@H]3O[C@H](CO[C@@H]4O[C@H](CO)[C@@H](O)[C@H](O)[C@H]4O)[C@@H](O)[C@@H]3O[C@@H]3OC[C@](O)(CO)[C@H]3O)c(-c3ccc(O)c(OC)c3)oc2c1. The molecule has 4 heterocycles. The van der Waals surface area contributed by atoms with Gasteiger partial charge >= 0.3 is 0 Å². The first-order valence-corrected chi connectivity index (χ1v) is 16.2. The van der Waals surface area contributed by atoms with Crippen molar-refractivity contribution in [3.8, 4) is 40.1 Å². The molecule has 3 aromatic rings. The summed E-state index contributed by atoms with van der Waals surface area (Å²) in [5.74, 6) is -1.57. The summed E-state index contributed by atoms with van der Waals surface area (Å²) in [5, 5.41) is 103. The van der Waals surface area contributed by atoms with Crippen LogP contribution in [-0.2, 0) is 23.7 Å². The zero-order valence-corrected chi connectivity index (χ0v) is 28.1. The summed E-state index contributed by atoms with van der Waals surface area (Å²) in [7, 11) is 2.62. The first-order valence-electron chi connectivity index (χ1n) is 16.2. The molecule has 3 saturated heterocycles. The Labute approximate surface area is 299 Å². The van der Waals surface area contributed by atoms with Gasteiger partial charge in [-0.25, -0.2) is 0 Å². The van der Waals surface area contributed by atoms with Gasteiger partial charge in [-0.1, -0.05) is 0 Å². The molecule has 20 heteroatoms. The molecular formula is C33H40O20. The first-order chi connectivity index (χ1) is 25.2. The van der Waals surface area contributed by atoms with Crippen LogP contribution in [-0.4, -0.2) is 165 Å². The van der Waals surface area contributed by atoms with Gasteiger partial charge in [0.25, 0.3) is 0 Å². The largest absolute Gasteiger partial charge is 0.507 e. The van der Waals surface area contributed by atoms with Crippen molar-refractivity contribution in [2.75, 3.05) is 40.6 Å². The van der Waals surface area contributed by atoms with Crippen LogP contribution >= 0.6 is 0 Å². The van der Waals surface area contributed by atoms with Crippen LogP contribution in [0.3, 0.4) is 0 Å². The van der Waals surface area contributed by atoms with Crippen LogP contribution in [0.5, 0.6) is 28.7 Å². The molecule has 0 radical (unpaired) electrons. The van der Waals surface area contributed by atoms with Gasteiger partial charge in [0.05, 0.1) is 40.6 Å². The molecule has 0 saturated carbocycles. The molecule has 2 aromatic carbocycles. The second-order valence-corrected chi connectivity index (χ2v) is 12.7. The van der Waals surface area contributed by atoms with Gasteiger partial charge in [0, 0.05) is 17.7 Å². The van der Waals surface area contributed by atoms with E-state index in [0.717, 1.165) is 6.07 Å². The van der Waals surface area contributed by atoms with Crippen LogP contribution in [0.2, 0.25) is 0 Å². The molecule has 12 atom stereocenters. The number of hydrogen-bond donors (Lipinski definition) is 10. The van der Waals surface area contributed by atoms with Crippen molar-refractivity contribution in [1.82, 2.24) is 0 Å². The van der Waals surface area contributed by atoms with Crippen molar-refractivity contribution in [3.05, 3.63) is 40.6 Å². The van der Waals surface area contributed by atoms with E-state index in [4.69, 9.17) is 42.3 Å². The standard InChI is InChI=1S/C33H40O20/c1-45-13-6-15(37)20-17(7-13)49-26(12-3-4-14(36)16(5-12)46-2)27(23(20)40)52-31-28(53-32-29(43)33(44,10-35)11-48-32)22(39)19(51-31)9-47-30-25(42)24(41)21(38)18(8-34)50-30/h3-7,18-19,21-22,24-25,28-32,34-39,41-44H,8-11H2,1-2H3/t18-,19-,21-,22-,24+,25-,28+,29+,30-,31-,32+,33-/m1/s1. The van der Waals surface area contributed by atoms with Crippen LogP contribution in [0, 0.1) is 0 Å². The average Bonchev–Trinajstić information content (AvgIpc) is 3.60. The highest BCUT2D eigenvalue weighted by Gasteiger charge is 2.54. The summed E-state index contributed by atoms with van der Waals surface area (Å²) in [6, 6.07) is 6.42. The fraction of sp³-hybridized carbons (Fsp3) is 0.545. The van der Waals surface area contributed by atoms with Gasteiger partial charge < -0.3 is 93.4 Å². The van der Waals surface area contributed by atoms with E-state index in [9.17, 15) is 55.9 Å². The lowest BCUT2D eigenvalue weighted by Crippen LogP contribution is -2.59. The topological polar surface area (TPSA) is 306 Å². The minimum Gasteiger partial charge on any atom is -0.507 e. The zero-order chi connectivity index (χ0) is 38.4. The van der Waals surface area contributed by atoms with Crippen LogP contribution in [0.4, 0.5) is 0 Å². The van der Waals surface area contributed by atoms with E-state index < -0.39 is 117 Å². The predicted molar refractivity (Wildman–Crippen MR) is 172 cm³/mol. The molecule has 3 aliphatic heterocycles. The third kappa shape index (κ3) is 7.22. The van der Waals surface area contributed by atoms with E-state index in [1.54, 1.807) is 0 Å². The quantitative estimate of drug-likeness (QED) is 0.0880. The van der Waals surface area contributed by atoms with Crippen LogP contribution in [0.1, 0.15) is 0 Å². The Morgan fingerprint density at radius 1 is 0.849 bits per heavy atom. The Kier molecular flexibility index (Phi) is 11.3. The number of aliphatic hydroxyl groups is 8. The molecule has 0 amide bonds. The summed E-state index contributed by atoms with van der Waals surface area (Å²) in [4.78, 5) is 14.1. The Balaban J connectivity index is 1.38. The maximum Gasteiger partial charge on any atom is 0.239 e.